The smallest absolute Gasteiger partial charge is 0.321 e. The van der Waals surface area contributed by atoms with Gasteiger partial charge in [-0.2, -0.15) is 0 Å². The van der Waals surface area contributed by atoms with Crippen LogP contribution < -0.4 is 33.2 Å². The minimum Gasteiger partial charge on any atom is -0.508 e. The largest absolute Gasteiger partial charge is 0.508 e. The molecule has 0 bridgehead atoms. The number of aliphatic imine (C=N–C) groups is 1. The molecule has 0 saturated carbocycles. The molecule has 1 saturated heterocycles. The summed E-state index contributed by atoms with van der Waals surface area (Å²) in [5.41, 5.74) is 17.6. The highest BCUT2D eigenvalue weighted by atomic mass is 32.2. The van der Waals surface area contributed by atoms with Gasteiger partial charge in [0.1, 0.15) is 23.6 Å². The molecule has 1 fully saturated rings. The summed E-state index contributed by atoms with van der Waals surface area (Å²) in [7, 11) is 0. The quantitative estimate of drug-likeness (QED) is 0.0183. The molecule has 23 heteroatoms. The lowest BCUT2D eigenvalue weighted by Crippen LogP contribution is -2.50. The number of nitrogens with one attached hydrogen (secondary N) is 3. The van der Waals surface area contributed by atoms with Crippen molar-refractivity contribution in [3.8, 4) is 11.5 Å². The minimum absolute atomic E-state index is 0.0116. The van der Waals surface area contributed by atoms with Gasteiger partial charge in [-0.3, -0.25) is 53.0 Å². The second kappa shape index (κ2) is 29.6. The van der Waals surface area contributed by atoms with Gasteiger partial charge in [0, 0.05) is 56.9 Å². The van der Waals surface area contributed by atoms with Gasteiger partial charge in [-0.15, -0.1) is 11.8 Å². The molecule has 384 valence electrons. The van der Waals surface area contributed by atoms with Crippen LogP contribution in [0.25, 0.3) is 0 Å². The van der Waals surface area contributed by atoms with Gasteiger partial charge >= 0.3 is 5.97 Å². The number of aliphatic hydroxyl groups is 2. The number of hydrogen-bond donors (Lipinski definition) is 11. The van der Waals surface area contributed by atoms with Crippen LogP contribution in [0.1, 0.15) is 82.3 Å². The van der Waals surface area contributed by atoms with Crippen molar-refractivity contribution in [3.63, 3.8) is 0 Å². The Morgan fingerprint density at radius 1 is 0.743 bits per heavy atom. The number of carbonyl (C=O) groups is 9. The zero-order valence-electron chi connectivity index (χ0n) is 39.1. The number of nitrogens with zero attached hydrogens (tertiary/aromatic N) is 2. The lowest BCUT2D eigenvalue weighted by Gasteiger charge is -2.25. The fourth-order valence-corrected chi connectivity index (χ4v) is 8.59. The molecule has 7 atom stereocenters. The van der Waals surface area contributed by atoms with Crippen molar-refractivity contribution >= 4 is 70.6 Å². The number of phenolic OH excluding ortho intramolecular Hbond substituents is 2. The maximum Gasteiger partial charge on any atom is 0.321 e. The van der Waals surface area contributed by atoms with Gasteiger partial charge in [-0.05, 0) is 73.9 Å². The Bertz CT molecular complexity index is 2160. The van der Waals surface area contributed by atoms with Gasteiger partial charge in [-0.25, -0.2) is 0 Å². The number of aliphatic hydroxyl groups excluding tert-OH is 2. The van der Waals surface area contributed by atoms with E-state index in [0.29, 0.717) is 30.4 Å². The van der Waals surface area contributed by atoms with Crippen molar-refractivity contribution in [1.82, 2.24) is 20.9 Å². The topological polar surface area (TPSA) is 385 Å². The van der Waals surface area contributed by atoms with Crippen LogP contribution in [-0.4, -0.2) is 151 Å². The van der Waals surface area contributed by atoms with Crippen LogP contribution in [0.15, 0.2) is 53.5 Å². The number of likely N-dealkylation sites (tertiary alicyclic amines) is 1. The molecule has 0 radical (unpaired) electrons. The first-order valence-corrected chi connectivity index (χ1v) is 24.1. The molecule has 0 aliphatic carbocycles. The van der Waals surface area contributed by atoms with Crippen molar-refractivity contribution in [2.24, 2.45) is 34.0 Å². The maximum absolute atomic E-state index is 13.9. The van der Waals surface area contributed by atoms with Crippen LogP contribution in [0.3, 0.4) is 0 Å². The molecule has 7 unspecified atom stereocenters. The van der Waals surface area contributed by atoms with E-state index in [4.69, 9.17) is 22.3 Å². The Morgan fingerprint density at radius 3 is 1.89 bits per heavy atom. The van der Waals surface area contributed by atoms with Crippen LogP contribution in [0.2, 0.25) is 0 Å². The lowest BCUT2D eigenvalue weighted by atomic mass is 9.90. The first kappa shape index (κ1) is 57.9. The van der Waals surface area contributed by atoms with Crippen molar-refractivity contribution in [2.45, 2.75) is 113 Å². The number of ketones is 3. The second-order valence-corrected chi connectivity index (χ2v) is 18.3. The van der Waals surface area contributed by atoms with Crippen molar-refractivity contribution in [3.05, 3.63) is 59.7 Å². The molecule has 5 amide bonds. The average molecular weight is 999 g/mol. The molecule has 70 heavy (non-hydrogen) atoms. The third kappa shape index (κ3) is 19.5. The number of hydrogen-bond acceptors (Lipinski definition) is 16. The summed E-state index contributed by atoms with van der Waals surface area (Å²) >= 11 is 1.01. The Kier molecular flexibility index (Phi) is 24.4. The number of Topliss-reactive ketones (excluding diaryl/α,β-unsaturated/α-hetero) is 3. The highest BCUT2D eigenvalue weighted by molar-refractivity contribution is 8.00. The Morgan fingerprint density at radius 2 is 1.31 bits per heavy atom. The number of amides is 5. The number of carbonyl (C=O) groups excluding carboxylic acids is 8. The predicted molar refractivity (Wildman–Crippen MR) is 257 cm³/mol. The molecule has 2 aromatic carbocycles. The van der Waals surface area contributed by atoms with E-state index in [1.807, 2.05) is 0 Å². The van der Waals surface area contributed by atoms with Gasteiger partial charge in [0.05, 0.1) is 36.5 Å². The first-order valence-electron chi connectivity index (χ1n) is 23.0. The monoisotopic (exact) mass is 998 g/mol. The number of nitrogens with two attached hydrogens (primary N) is 3. The van der Waals surface area contributed by atoms with E-state index in [-0.39, 0.29) is 87.0 Å². The SMILES string of the molecule is CCC(=O)C(Cc1ccc(O)cc1)NC(=O)C(CC(=O)C(CO)NC(=O)C(CO)CC(=O)C(CCCN=C(N)N)NC(=O)CCCCCN1C(=O)CC(SCC(N)C(=O)O)C1=O)Cc1ccc(O)cc1. The molecule has 2 aromatic rings. The minimum atomic E-state index is -1.59. The summed E-state index contributed by atoms with van der Waals surface area (Å²) in [5.74, 6) is -8.77. The fraction of sp³-hybridized carbons (Fsp3) is 0.532. The first-order chi connectivity index (χ1) is 33.3. The third-order valence-electron chi connectivity index (χ3n) is 11.5. The van der Waals surface area contributed by atoms with Gasteiger partial charge in [0.15, 0.2) is 23.3 Å². The maximum atomic E-state index is 13.9. The van der Waals surface area contributed by atoms with E-state index < -0.39 is 114 Å². The van der Waals surface area contributed by atoms with E-state index in [9.17, 15) is 63.6 Å². The molecular formula is C47H66N8O14S. The molecule has 3 rings (SSSR count). The van der Waals surface area contributed by atoms with E-state index in [2.05, 4.69) is 20.9 Å². The number of carboxylic acid groups (broad SMARTS) is 1. The Labute approximate surface area is 409 Å². The van der Waals surface area contributed by atoms with Crippen molar-refractivity contribution in [1.29, 1.82) is 0 Å². The number of rotatable bonds is 33. The molecule has 1 heterocycles. The molecule has 0 aromatic heterocycles. The summed E-state index contributed by atoms with van der Waals surface area (Å²) in [6.07, 6.45) is 0.255. The van der Waals surface area contributed by atoms with Gasteiger partial charge in [0.2, 0.25) is 29.5 Å². The normalized spacial score (nSPS) is 16.0. The van der Waals surface area contributed by atoms with Gasteiger partial charge < -0.3 is 58.7 Å². The summed E-state index contributed by atoms with van der Waals surface area (Å²) in [6, 6.07) is 7.04. The number of thioether (sulfide) groups is 1. The summed E-state index contributed by atoms with van der Waals surface area (Å²) in [5, 5.41) is 56.1. The number of aliphatic carboxylic acids is 1. The van der Waals surface area contributed by atoms with Crippen LogP contribution in [0.5, 0.6) is 11.5 Å². The van der Waals surface area contributed by atoms with E-state index >= 15 is 0 Å². The Hall–Kier alpha value is -6.43. The summed E-state index contributed by atoms with van der Waals surface area (Å²) < 4.78 is 0. The standard InChI is InChI=1S/C47H66N8O14S/c1-2-37(60)35(20-28-11-15-32(59)16-12-28)53-43(65)29(19-27-9-13-31(58)14-10-27)21-39(62)36(25-57)54-44(66)30(24-56)22-38(61)34(7-6-17-51-47(49)50)52-41(63)8-4-3-5-18-55-42(64)23-40(45(55)67)70-26-33(48)46(68)69/h9-16,29-30,33-36,40,56-59H,2-8,17-26,48H2,1H3,(H,52,63)(H,53,65)(H,54,66)(H,68,69)(H4,49,50,51). The number of unbranched alkanes of at least 4 members (excludes halogenated alkanes) is 2. The van der Waals surface area contributed by atoms with Gasteiger partial charge in [0.25, 0.3) is 0 Å². The average Bonchev–Trinajstić information content (AvgIpc) is 3.60. The second-order valence-electron chi connectivity index (χ2n) is 17.0. The highest BCUT2D eigenvalue weighted by Gasteiger charge is 2.39. The summed E-state index contributed by atoms with van der Waals surface area (Å²) in [6.45, 7) is 0.0480. The number of imide groups is 1. The van der Waals surface area contributed by atoms with E-state index in [0.717, 1.165) is 16.7 Å². The third-order valence-corrected chi connectivity index (χ3v) is 12.9. The molecule has 0 spiro atoms. The number of carboxylic acids is 1. The number of aromatic hydroxyl groups is 2. The predicted octanol–water partition coefficient (Wildman–Crippen LogP) is -0.661. The van der Waals surface area contributed by atoms with Gasteiger partial charge in [-0.1, -0.05) is 37.6 Å². The zero-order chi connectivity index (χ0) is 51.9. The highest BCUT2D eigenvalue weighted by Crippen LogP contribution is 2.26. The Balaban J connectivity index is 1.64. The van der Waals surface area contributed by atoms with E-state index in [1.165, 1.54) is 24.3 Å². The van der Waals surface area contributed by atoms with Crippen molar-refractivity contribution < 1.29 is 68.7 Å². The lowest BCUT2D eigenvalue weighted by molar-refractivity contribution is -0.139. The van der Waals surface area contributed by atoms with Crippen LogP contribution >= 0.6 is 11.8 Å². The molecule has 1 aliphatic rings. The molecule has 22 nitrogen and oxygen atoms in total. The number of benzene rings is 2. The number of guanidine groups is 1. The number of phenols is 2. The molecule has 14 N–H and O–H groups in total. The van der Waals surface area contributed by atoms with Crippen LogP contribution in [0.4, 0.5) is 0 Å². The van der Waals surface area contributed by atoms with Crippen LogP contribution in [0, 0.1) is 11.8 Å². The van der Waals surface area contributed by atoms with Crippen LogP contribution in [-0.2, 0) is 56.0 Å². The van der Waals surface area contributed by atoms with E-state index in [1.54, 1.807) is 31.2 Å². The summed E-state index contributed by atoms with van der Waals surface area (Å²) in [4.78, 5) is 122. The zero-order valence-corrected chi connectivity index (χ0v) is 39.9. The molecular weight excluding hydrogens is 933 g/mol. The molecule has 1 aliphatic heterocycles. The fourth-order valence-electron chi connectivity index (χ4n) is 7.48. The van der Waals surface area contributed by atoms with Crippen molar-refractivity contribution in [2.75, 3.05) is 32.1 Å².